The van der Waals surface area contributed by atoms with E-state index in [-0.39, 0.29) is 0 Å². The Hall–Kier alpha value is -2.23. The second kappa shape index (κ2) is 5.82. The summed E-state index contributed by atoms with van der Waals surface area (Å²) >= 11 is 0. The molecule has 0 N–H and O–H groups in total. The van der Waals surface area contributed by atoms with Gasteiger partial charge < -0.3 is 4.74 Å². The van der Waals surface area contributed by atoms with E-state index in [2.05, 4.69) is 0 Å². The molecule has 0 amide bonds. The Morgan fingerprint density at radius 3 is 2.05 bits per heavy atom. The van der Waals surface area contributed by atoms with E-state index in [1.165, 1.54) is 12.1 Å². The third-order valence-corrected chi connectivity index (χ3v) is 2.73. The fourth-order valence-electron chi connectivity index (χ4n) is 1.73. The van der Waals surface area contributed by atoms with E-state index in [1.807, 2.05) is 37.3 Å². The second-order valence-electron chi connectivity index (χ2n) is 4.14. The maximum Gasteiger partial charge on any atom is 0.416 e. The molecule has 1 nitrogen and oxygen atoms in total. The van der Waals surface area contributed by atoms with Crippen LogP contribution in [0.15, 0.2) is 60.7 Å². The molecule has 0 unspecified atom stereocenters. The van der Waals surface area contributed by atoms with Gasteiger partial charge in [-0.25, -0.2) is 0 Å². The number of allylic oxidation sites excluding steroid dienone is 1. The van der Waals surface area contributed by atoms with E-state index in [1.54, 1.807) is 6.08 Å². The van der Waals surface area contributed by atoms with E-state index >= 15 is 0 Å². The molecule has 0 spiro atoms. The number of hydrogen-bond donors (Lipinski definition) is 0. The number of benzene rings is 2. The highest BCUT2D eigenvalue weighted by Gasteiger charge is 2.30. The van der Waals surface area contributed by atoms with Crippen LogP contribution in [0.25, 0.3) is 5.76 Å². The average Bonchev–Trinajstić information content (AvgIpc) is 2.45. The summed E-state index contributed by atoms with van der Waals surface area (Å²) in [5, 5.41) is 0. The van der Waals surface area contributed by atoms with E-state index in [9.17, 15) is 13.2 Å². The highest BCUT2D eigenvalue weighted by molar-refractivity contribution is 5.61. The molecule has 0 bridgehead atoms. The predicted octanol–water partition coefficient (Wildman–Crippen LogP) is 5.15. The van der Waals surface area contributed by atoms with Gasteiger partial charge in [0, 0.05) is 5.56 Å². The molecule has 4 heteroatoms. The maximum absolute atomic E-state index is 12.5. The van der Waals surface area contributed by atoms with Crippen molar-refractivity contribution in [3.63, 3.8) is 0 Å². The van der Waals surface area contributed by atoms with Gasteiger partial charge in [0.15, 0.2) is 0 Å². The monoisotopic (exact) mass is 278 g/mol. The molecule has 104 valence electrons. The summed E-state index contributed by atoms with van der Waals surface area (Å²) in [5.74, 6) is 0.973. The van der Waals surface area contributed by atoms with E-state index < -0.39 is 11.7 Å². The van der Waals surface area contributed by atoms with Crippen LogP contribution in [0.4, 0.5) is 13.2 Å². The molecule has 0 aliphatic heterocycles. The van der Waals surface area contributed by atoms with Crippen molar-refractivity contribution >= 4 is 5.76 Å². The first-order valence-corrected chi connectivity index (χ1v) is 6.07. The summed E-state index contributed by atoms with van der Waals surface area (Å²) in [5.41, 5.74) is 0.182. The molecule has 0 aliphatic carbocycles. The van der Waals surface area contributed by atoms with Crippen LogP contribution in [0, 0.1) is 0 Å². The van der Waals surface area contributed by atoms with Gasteiger partial charge in [-0.1, -0.05) is 30.3 Å². The van der Waals surface area contributed by atoms with Crippen LogP contribution in [0.2, 0.25) is 0 Å². The van der Waals surface area contributed by atoms with Crippen LogP contribution in [-0.4, -0.2) is 0 Å². The first-order valence-electron chi connectivity index (χ1n) is 6.07. The highest BCUT2D eigenvalue weighted by Crippen LogP contribution is 2.31. The fraction of sp³-hybridized carbons (Fsp3) is 0.125. The number of rotatable bonds is 3. The Bertz CT molecular complexity index is 583. The molecular formula is C16H13F3O. The van der Waals surface area contributed by atoms with Crippen LogP contribution < -0.4 is 4.74 Å². The van der Waals surface area contributed by atoms with Gasteiger partial charge in [0.05, 0.1) is 5.56 Å². The zero-order valence-electron chi connectivity index (χ0n) is 10.8. The van der Waals surface area contributed by atoms with Crippen molar-refractivity contribution < 1.29 is 17.9 Å². The van der Waals surface area contributed by atoms with Crippen LogP contribution >= 0.6 is 0 Å². The molecule has 0 fully saturated rings. The summed E-state index contributed by atoms with van der Waals surface area (Å²) in [6.07, 6.45) is -2.56. The Balaban J connectivity index is 2.17. The van der Waals surface area contributed by atoms with Crippen molar-refractivity contribution in [1.82, 2.24) is 0 Å². The fourth-order valence-corrected chi connectivity index (χ4v) is 1.73. The molecule has 0 heterocycles. The topological polar surface area (TPSA) is 9.23 Å². The minimum absolute atomic E-state index is 0.370. The van der Waals surface area contributed by atoms with Crippen LogP contribution in [0.5, 0.6) is 5.75 Å². The van der Waals surface area contributed by atoms with Crippen molar-refractivity contribution in [2.45, 2.75) is 13.1 Å². The lowest BCUT2D eigenvalue weighted by Crippen LogP contribution is -2.04. The van der Waals surface area contributed by atoms with Crippen molar-refractivity contribution in [3.8, 4) is 5.75 Å². The molecule has 0 radical (unpaired) electrons. The number of alkyl halides is 3. The normalized spacial score (nSPS) is 12.3. The van der Waals surface area contributed by atoms with Crippen LogP contribution in [-0.2, 0) is 6.18 Å². The largest absolute Gasteiger partial charge is 0.457 e. The molecule has 2 aromatic rings. The molecule has 0 saturated heterocycles. The first-order chi connectivity index (χ1) is 9.50. The maximum atomic E-state index is 12.5. The van der Waals surface area contributed by atoms with Gasteiger partial charge in [-0.3, -0.25) is 0 Å². The minimum Gasteiger partial charge on any atom is -0.457 e. The van der Waals surface area contributed by atoms with Crippen molar-refractivity contribution in [2.75, 3.05) is 0 Å². The molecule has 0 atom stereocenters. The average molecular weight is 278 g/mol. The highest BCUT2D eigenvalue weighted by atomic mass is 19.4. The summed E-state index contributed by atoms with van der Waals surface area (Å²) in [7, 11) is 0. The van der Waals surface area contributed by atoms with Gasteiger partial charge in [0.1, 0.15) is 11.5 Å². The van der Waals surface area contributed by atoms with Crippen molar-refractivity contribution in [3.05, 3.63) is 71.8 Å². The van der Waals surface area contributed by atoms with E-state index in [4.69, 9.17) is 4.74 Å². The second-order valence-corrected chi connectivity index (χ2v) is 4.14. The van der Waals surface area contributed by atoms with Crippen molar-refractivity contribution in [1.29, 1.82) is 0 Å². The lowest BCUT2D eigenvalue weighted by molar-refractivity contribution is -0.137. The Kier molecular flexibility index (Phi) is 4.13. The summed E-state index contributed by atoms with van der Waals surface area (Å²) in [6, 6.07) is 14.0. The molecule has 20 heavy (non-hydrogen) atoms. The zero-order valence-corrected chi connectivity index (χ0v) is 10.8. The summed E-state index contributed by atoms with van der Waals surface area (Å²) in [4.78, 5) is 0. The molecule has 2 aromatic carbocycles. The Morgan fingerprint density at radius 2 is 1.55 bits per heavy atom. The Morgan fingerprint density at radius 1 is 0.950 bits per heavy atom. The van der Waals surface area contributed by atoms with E-state index in [0.29, 0.717) is 11.5 Å². The van der Waals surface area contributed by atoms with Gasteiger partial charge in [0.2, 0.25) is 0 Å². The van der Waals surface area contributed by atoms with Gasteiger partial charge >= 0.3 is 6.18 Å². The first kappa shape index (κ1) is 14.2. The number of hydrogen-bond acceptors (Lipinski definition) is 1. The lowest BCUT2D eigenvalue weighted by Gasteiger charge is -2.11. The van der Waals surface area contributed by atoms with Gasteiger partial charge in [-0.05, 0) is 37.3 Å². The molecule has 2 rings (SSSR count). The third-order valence-electron chi connectivity index (χ3n) is 2.73. The molecule has 0 aromatic heterocycles. The molecular weight excluding hydrogens is 265 g/mol. The smallest absolute Gasteiger partial charge is 0.416 e. The SMILES string of the molecule is CC=C(Oc1ccc(C(F)(F)F)cc1)c1ccccc1. The zero-order chi connectivity index (χ0) is 14.6. The third kappa shape index (κ3) is 3.41. The quantitative estimate of drug-likeness (QED) is 0.706. The lowest BCUT2D eigenvalue weighted by atomic mass is 10.2. The minimum atomic E-state index is -4.33. The Labute approximate surface area is 115 Å². The number of ether oxygens (including phenoxy) is 1. The van der Waals surface area contributed by atoms with Gasteiger partial charge in [0.25, 0.3) is 0 Å². The van der Waals surface area contributed by atoms with Crippen LogP contribution in [0.3, 0.4) is 0 Å². The number of halogens is 3. The standard InChI is InChI=1S/C16H13F3O/c1-2-15(12-6-4-3-5-7-12)20-14-10-8-13(9-11-14)16(17,18)19/h2-11H,1H3. The van der Waals surface area contributed by atoms with Crippen molar-refractivity contribution in [2.24, 2.45) is 0 Å². The predicted molar refractivity (Wildman–Crippen MR) is 72.2 cm³/mol. The summed E-state index contributed by atoms with van der Waals surface area (Å²) < 4.78 is 43.0. The summed E-state index contributed by atoms with van der Waals surface area (Å²) in [6.45, 7) is 1.81. The molecule has 0 aliphatic rings. The van der Waals surface area contributed by atoms with E-state index in [0.717, 1.165) is 17.7 Å². The van der Waals surface area contributed by atoms with Gasteiger partial charge in [-0.15, -0.1) is 0 Å². The molecule has 0 saturated carbocycles. The van der Waals surface area contributed by atoms with Gasteiger partial charge in [-0.2, -0.15) is 13.2 Å². The van der Waals surface area contributed by atoms with Crippen LogP contribution in [0.1, 0.15) is 18.1 Å².